The number of thiazole rings is 1. The van der Waals surface area contributed by atoms with Crippen molar-refractivity contribution >= 4 is 72.6 Å². The van der Waals surface area contributed by atoms with E-state index in [1.54, 1.807) is 0 Å². The molecule has 4 amide bonds. The van der Waals surface area contributed by atoms with Gasteiger partial charge in [-0.25, -0.2) is 9.78 Å². The number of nitrogens with zero attached hydrogens (tertiary/aromatic N) is 4. The number of carbonyl (C=O) groups is 3. The van der Waals surface area contributed by atoms with Crippen molar-refractivity contribution in [3.05, 3.63) is 40.8 Å². The molecule has 0 aliphatic carbocycles. The van der Waals surface area contributed by atoms with Gasteiger partial charge in [0.2, 0.25) is 5.13 Å². The molecule has 11 heteroatoms. The molecule has 3 heterocycles. The molecule has 0 saturated carbocycles. The Morgan fingerprint density at radius 3 is 2.29 bits per heavy atom. The number of nitrogens with one attached hydrogen (secondary N) is 2. The fourth-order valence-corrected chi connectivity index (χ4v) is 5.01. The minimum atomic E-state index is -0.821. The van der Waals surface area contributed by atoms with Crippen LogP contribution in [0.4, 0.5) is 21.3 Å². The molecular formula is C20H18N6O3S2. The SMILES string of the molecule is CCN(CC)c1ccc(/N=N/c2nc3sc(C=C4C(=O)NC(=O)NC4=O)cc3s2)cc1. The predicted octanol–water partition coefficient (Wildman–Crippen LogP) is 4.37. The van der Waals surface area contributed by atoms with E-state index in [1.807, 2.05) is 41.0 Å². The fraction of sp³-hybridized carbons (Fsp3) is 0.200. The third-order valence-corrected chi connectivity index (χ3v) is 6.55. The Morgan fingerprint density at radius 2 is 1.68 bits per heavy atom. The Balaban J connectivity index is 1.49. The largest absolute Gasteiger partial charge is 0.372 e. The highest BCUT2D eigenvalue weighted by Crippen LogP contribution is 2.36. The van der Waals surface area contributed by atoms with Crippen molar-refractivity contribution in [3.63, 3.8) is 0 Å². The summed E-state index contributed by atoms with van der Waals surface area (Å²) in [6, 6.07) is 8.88. The van der Waals surface area contributed by atoms with E-state index in [4.69, 9.17) is 0 Å². The Bertz CT molecular complexity index is 1170. The Hall–Kier alpha value is -3.44. The minimum absolute atomic E-state index is 0.124. The third-order valence-electron chi connectivity index (χ3n) is 4.56. The monoisotopic (exact) mass is 454 g/mol. The van der Waals surface area contributed by atoms with Gasteiger partial charge in [-0.3, -0.25) is 20.2 Å². The molecule has 0 spiro atoms. The number of hydrogen-bond acceptors (Lipinski definition) is 9. The molecule has 4 rings (SSSR count). The first-order chi connectivity index (χ1) is 15.0. The lowest BCUT2D eigenvalue weighted by atomic mass is 10.2. The number of barbiturate groups is 1. The molecule has 3 aromatic rings. The first-order valence-corrected chi connectivity index (χ1v) is 11.2. The van der Waals surface area contributed by atoms with Crippen LogP contribution in [0.1, 0.15) is 18.7 Å². The van der Waals surface area contributed by atoms with Gasteiger partial charge >= 0.3 is 6.03 Å². The summed E-state index contributed by atoms with van der Waals surface area (Å²) in [7, 11) is 0. The molecule has 1 aromatic carbocycles. The lowest BCUT2D eigenvalue weighted by Gasteiger charge is -2.20. The summed E-state index contributed by atoms with van der Waals surface area (Å²) in [5.41, 5.74) is 1.76. The summed E-state index contributed by atoms with van der Waals surface area (Å²) in [6.07, 6.45) is 1.44. The second kappa shape index (κ2) is 8.74. The van der Waals surface area contributed by atoms with Gasteiger partial charge in [0.25, 0.3) is 11.8 Å². The zero-order chi connectivity index (χ0) is 22.0. The van der Waals surface area contributed by atoms with E-state index >= 15 is 0 Å². The van der Waals surface area contributed by atoms with Crippen LogP contribution >= 0.6 is 22.7 Å². The number of thiophene rings is 1. The number of amides is 4. The van der Waals surface area contributed by atoms with E-state index in [9.17, 15) is 14.4 Å². The standard InChI is InChI=1S/C20H18N6O3S2/c1-3-26(4-2)12-7-5-11(6-8-12)24-25-20-23-18-15(31-20)10-13(30-18)9-14-16(27)21-19(29)22-17(14)28/h5-10H,3-4H2,1-2H3,(H2,21,22,27,28,29)/b25-24+. The molecule has 31 heavy (non-hydrogen) atoms. The van der Waals surface area contributed by atoms with Crippen molar-refractivity contribution in [3.8, 4) is 0 Å². The van der Waals surface area contributed by atoms with Gasteiger partial charge in [-0.1, -0.05) is 11.3 Å². The summed E-state index contributed by atoms with van der Waals surface area (Å²) in [4.78, 5) is 42.9. The maximum absolute atomic E-state index is 11.8. The molecule has 1 aliphatic rings. The van der Waals surface area contributed by atoms with E-state index in [1.165, 1.54) is 28.7 Å². The molecule has 0 atom stereocenters. The number of carbonyl (C=O) groups excluding carboxylic acids is 3. The number of hydrogen-bond donors (Lipinski definition) is 2. The number of anilines is 1. The average molecular weight is 455 g/mol. The molecule has 0 radical (unpaired) electrons. The van der Waals surface area contributed by atoms with Crippen LogP contribution in [-0.4, -0.2) is 35.9 Å². The molecule has 1 aliphatic heterocycles. The van der Waals surface area contributed by atoms with Crippen molar-refractivity contribution in [1.82, 2.24) is 15.6 Å². The molecular weight excluding hydrogens is 436 g/mol. The fourth-order valence-electron chi connectivity index (χ4n) is 3.02. The minimum Gasteiger partial charge on any atom is -0.372 e. The van der Waals surface area contributed by atoms with Crippen LogP contribution in [0.2, 0.25) is 0 Å². The second-order valence-electron chi connectivity index (χ2n) is 6.50. The first-order valence-electron chi connectivity index (χ1n) is 9.52. The number of aromatic nitrogens is 1. The van der Waals surface area contributed by atoms with Crippen LogP contribution in [0.25, 0.3) is 15.6 Å². The van der Waals surface area contributed by atoms with Crippen molar-refractivity contribution in [2.24, 2.45) is 10.2 Å². The lowest BCUT2D eigenvalue weighted by Crippen LogP contribution is -2.51. The van der Waals surface area contributed by atoms with Crippen molar-refractivity contribution in [1.29, 1.82) is 0 Å². The maximum atomic E-state index is 11.8. The number of fused-ring (bicyclic) bond motifs is 1. The molecule has 1 saturated heterocycles. The number of urea groups is 1. The van der Waals surface area contributed by atoms with Gasteiger partial charge in [-0.15, -0.1) is 21.6 Å². The molecule has 2 aromatic heterocycles. The van der Waals surface area contributed by atoms with Crippen molar-refractivity contribution < 1.29 is 14.4 Å². The summed E-state index contributed by atoms with van der Waals surface area (Å²) in [5.74, 6) is -1.44. The molecule has 2 N–H and O–H groups in total. The number of rotatable bonds is 6. The van der Waals surface area contributed by atoms with Crippen LogP contribution in [-0.2, 0) is 9.59 Å². The van der Waals surface area contributed by atoms with Crippen LogP contribution in [0.15, 0.2) is 46.1 Å². The number of benzene rings is 1. The highest BCUT2D eigenvalue weighted by molar-refractivity contribution is 7.29. The topological polar surface area (TPSA) is 116 Å². The van der Waals surface area contributed by atoms with Gasteiger partial charge in [0.15, 0.2) is 0 Å². The summed E-state index contributed by atoms with van der Waals surface area (Å²) < 4.78 is 0.871. The second-order valence-corrected chi connectivity index (χ2v) is 8.57. The van der Waals surface area contributed by atoms with E-state index in [-0.39, 0.29) is 5.57 Å². The third kappa shape index (κ3) is 4.52. The summed E-state index contributed by atoms with van der Waals surface area (Å²) in [6.45, 7) is 6.12. The Morgan fingerprint density at radius 1 is 1.00 bits per heavy atom. The lowest BCUT2D eigenvalue weighted by molar-refractivity contribution is -0.123. The quantitative estimate of drug-likeness (QED) is 0.326. The highest BCUT2D eigenvalue weighted by atomic mass is 32.1. The van der Waals surface area contributed by atoms with Crippen LogP contribution in [0, 0.1) is 0 Å². The summed E-state index contributed by atoms with van der Waals surface area (Å²) in [5, 5.41) is 13.1. The highest BCUT2D eigenvalue weighted by Gasteiger charge is 2.28. The zero-order valence-corrected chi connectivity index (χ0v) is 18.3. The molecule has 0 unspecified atom stereocenters. The predicted molar refractivity (Wildman–Crippen MR) is 121 cm³/mol. The van der Waals surface area contributed by atoms with E-state index in [0.717, 1.165) is 34.0 Å². The smallest absolute Gasteiger partial charge is 0.328 e. The number of imide groups is 2. The first kappa shape index (κ1) is 20.8. The Kier molecular flexibility index (Phi) is 5.87. The van der Waals surface area contributed by atoms with E-state index in [2.05, 4.69) is 34.0 Å². The van der Waals surface area contributed by atoms with Gasteiger partial charge in [-0.2, -0.15) is 0 Å². The van der Waals surface area contributed by atoms with Crippen molar-refractivity contribution in [2.75, 3.05) is 18.0 Å². The van der Waals surface area contributed by atoms with Gasteiger partial charge in [0.05, 0.1) is 10.4 Å². The van der Waals surface area contributed by atoms with Crippen LogP contribution < -0.4 is 15.5 Å². The van der Waals surface area contributed by atoms with E-state index < -0.39 is 17.8 Å². The molecule has 9 nitrogen and oxygen atoms in total. The molecule has 158 valence electrons. The van der Waals surface area contributed by atoms with Crippen LogP contribution in [0.5, 0.6) is 0 Å². The Labute approximate surface area is 185 Å². The normalized spacial score (nSPS) is 14.3. The van der Waals surface area contributed by atoms with Gasteiger partial charge in [0, 0.05) is 23.7 Å². The zero-order valence-electron chi connectivity index (χ0n) is 16.7. The van der Waals surface area contributed by atoms with Gasteiger partial charge < -0.3 is 4.90 Å². The molecule has 0 bridgehead atoms. The van der Waals surface area contributed by atoms with E-state index in [0.29, 0.717) is 10.0 Å². The summed E-state index contributed by atoms with van der Waals surface area (Å²) >= 11 is 2.68. The maximum Gasteiger partial charge on any atom is 0.328 e. The van der Waals surface area contributed by atoms with Crippen molar-refractivity contribution in [2.45, 2.75) is 13.8 Å². The van der Waals surface area contributed by atoms with Gasteiger partial charge in [0.1, 0.15) is 10.4 Å². The molecule has 1 fully saturated rings. The number of azo groups is 1. The average Bonchev–Trinajstić information content (AvgIpc) is 3.29. The van der Waals surface area contributed by atoms with Gasteiger partial charge in [-0.05, 0) is 50.3 Å². The van der Waals surface area contributed by atoms with Crippen LogP contribution in [0.3, 0.4) is 0 Å².